The van der Waals surface area contributed by atoms with Gasteiger partial charge in [-0.1, -0.05) is 12.1 Å². The third-order valence-corrected chi connectivity index (χ3v) is 5.71. The van der Waals surface area contributed by atoms with Gasteiger partial charge in [0.15, 0.2) is 0 Å². The number of hydrogen-bond acceptors (Lipinski definition) is 4. The standard InChI is InChI=1S/C22H23NO5/c1-15-3-2-4-19(11-15)28-18-7-5-16(6-8-18)20(24)23-12-17-9-10-27-14-22(17,13-23)21(25)26/h2-8,11,17H,9-10,12-14H2,1H3,(H,25,26)/t17-,22+/m0/s1. The van der Waals surface area contributed by atoms with Crippen molar-refractivity contribution in [3.63, 3.8) is 0 Å². The second-order valence-corrected chi connectivity index (χ2v) is 7.63. The zero-order valence-corrected chi connectivity index (χ0v) is 15.8. The molecule has 0 aliphatic carbocycles. The van der Waals surface area contributed by atoms with Crippen LogP contribution < -0.4 is 4.74 Å². The summed E-state index contributed by atoms with van der Waals surface area (Å²) in [6, 6.07) is 14.7. The fraction of sp³-hybridized carbons (Fsp3) is 0.364. The number of amides is 1. The Kier molecular flexibility index (Phi) is 4.81. The summed E-state index contributed by atoms with van der Waals surface area (Å²) in [7, 11) is 0. The van der Waals surface area contributed by atoms with E-state index in [0.29, 0.717) is 30.9 Å². The third kappa shape index (κ3) is 3.36. The number of carbonyl (C=O) groups is 2. The molecule has 146 valence electrons. The maximum atomic E-state index is 12.9. The summed E-state index contributed by atoms with van der Waals surface area (Å²) >= 11 is 0. The molecule has 0 bridgehead atoms. The van der Waals surface area contributed by atoms with Crippen molar-refractivity contribution in [1.82, 2.24) is 4.90 Å². The van der Waals surface area contributed by atoms with Crippen LogP contribution in [-0.4, -0.2) is 48.2 Å². The first-order valence-electron chi connectivity index (χ1n) is 9.43. The molecule has 4 rings (SSSR count). The average Bonchev–Trinajstić information content (AvgIpc) is 3.09. The van der Waals surface area contributed by atoms with Gasteiger partial charge in [-0.15, -0.1) is 0 Å². The number of aliphatic carboxylic acids is 1. The Labute approximate surface area is 163 Å². The summed E-state index contributed by atoms with van der Waals surface area (Å²) in [6.45, 7) is 3.35. The van der Waals surface area contributed by atoms with Crippen LogP contribution in [0.5, 0.6) is 11.5 Å². The Morgan fingerprint density at radius 3 is 2.64 bits per heavy atom. The monoisotopic (exact) mass is 381 g/mol. The topological polar surface area (TPSA) is 76.1 Å². The van der Waals surface area contributed by atoms with E-state index in [9.17, 15) is 14.7 Å². The van der Waals surface area contributed by atoms with Gasteiger partial charge in [0, 0.05) is 25.3 Å². The molecule has 1 amide bonds. The highest BCUT2D eigenvalue weighted by atomic mass is 16.5. The van der Waals surface area contributed by atoms with Crippen LogP contribution in [0.3, 0.4) is 0 Å². The first kappa shape index (κ1) is 18.5. The Hall–Kier alpha value is -2.86. The molecule has 2 aromatic rings. The molecule has 1 N–H and O–H groups in total. The molecule has 28 heavy (non-hydrogen) atoms. The van der Waals surface area contributed by atoms with Crippen LogP contribution >= 0.6 is 0 Å². The summed E-state index contributed by atoms with van der Waals surface area (Å²) in [6.07, 6.45) is 0.666. The van der Waals surface area contributed by atoms with Gasteiger partial charge < -0.3 is 19.5 Å². The Morgan fingerprint density at radius 2 is 1.96 bits per heavy atom. The van der Waals surface area contributed by atoms with Crippen LogP contribution in [0.2, 0.25) is 0 Å². The van der Waals surface area contributed by atoms with Crippen LogP contribution in [0.15, 0.2) is 48.5 Å². The maximum absolute atomic E-state index is 12.9. The molecule has 0 saturated carbocycles. The second kappa shape index (κ2) is 7.28. The summed E-state index contributed by atoms with van der Waals surface area (Å²) < 4.78 is 11.3. The first-order chi connectivity index (χ1) is 13.5. The molecular weight excluding hydrogens is 358 g/mol. The molecule has 0 unspecified atom stereocenters. The van der Waals surface area contributed by atoms with Crippen molar-refractivity contribution < 1.29 is 24.2 Å². The van der Waals surface area contributed by atoms with E-state index in [1.807, 2.05) is 31.2 Å². The maximum Gasteiger partial charge on any atom is 0.314 e. The molecule has 0 aromatic heterocycles. The number of aryl methyl sites for hydroxylation is 1. The van der Waals surface area contributed by atoms with E-state index < -0.39 is 11.4 Å². The van der Waals surface area contributed by atoms with Crippen molar-refractivity contribution >= 4 is 11.9 Å². The van der Waals surface area contributed by atoms with Gasteiger partial charge in [-0.3, -0.25) is 9.59 Å². The second-order valence-electron chi connectivity index (χ2n) is 7.63. The van der Waals surface area contributed by atoms with Crippen molar-refractivity contribution in [3.8, 4) is 11.5 Å². The lowest BCUT2D eigenvalue weighted by atomic mass is 9.76. The van der Waals surface area contributed by atoms with E-state index in [4.69, 9.17) is 9.47 Å². The van der Waals surface area contributed by atoms with Crippen molar-refractivity contribution in [3.05, 3.63) is 59.7 Å². The normalized spacial score (nSPS) is 23.9. The fourth-order valence-electron chi connectivity index (χ4n) is 4.11. The van der Waals surface area contributed by atoms with E-state index in [1.54, 1.807) is 29.2 Å². The molecule has 2 aliphatic rings. The van der Waals surface area contributed by atoms with Gasteiger partial charge >= 0.3 is 5.97 Å². The quantitative estimate of drug-likeness (QED) is 0.879. The van der Waals surface area contributed by atoms with Crippen LogP contribution in [0.1, 0.15) is 22.3 Å². The number of hydrogen-bond donors (Lipinski definition) is 1. The molecular formula is C22H23NO5. The van der Waals surface area contributed by atoms with E-state index in [-0.39, 0.29) is 25.0 Å². The molecule has 0 radical (unpaired) electrons. The number of carboxylic acid groups (broad SMARTS) is 1. The fourth-order valence-corrected chi connectivity index (χ4v) is 4.11. The first-order valence-corrected chi connectivity index (χ1v) is 9.43. The Balaban J connectivity index is 1.47. The summed E-state index contributed by atoms with van der Waals surface area (Å²) in [5, 5.41) is 9.73. The van der Waals surface area contributed by atoms with Gasteiger partial charge in [-0.25, -0.2) is 0 Å². The Morgan fingerprint density at radius 1 is 1.18 bits per heavy atom. The molecule has 2 atom stereocenters. The smallest absolute Gasteiger partial charge is 0.314 e. The summed E-state index contributed by atoms with van der Waals surface area (Å²) in [5.74, 6) is 0.289. The summed E-state index contributed by atoms with van der Waals surface area (Å²) in [4.78, 5) is 26.4. The van der Waals surface area contributed by atoms with Crippen LogP contribution in [0, 0.1) is 18.3 Å². The SMILES string of the molecule is Cc1cccc(Oc2ccc(C(=O)N3C[C@@H]4CCOC[C@]4(C(=O)O)C3)cc2)c1. The van der Waals surface area contributed by atoms with E-state index >= 15 is 0 Å². The van der Waals surface area contributed by atoms with Crippen LogP contribution in [-0.2, 0) is 9.53 Å². The highest BCUT2D eigenvalue weighted by Gasteiger charge is 2.55. The highest BCUT2D eigenvalue weighted by molar-refractivity contribution is 5.95. The average molecular weight is 381 g/mol. The molecule has 0 spiro atoms. The van der Waals surface area contributed by atoms with Crippen molar-refractivity contribution in [2.75, 3.05) is 26.3 Å². The number of ether oxygens (including phenoxy) is 2. The highest BCUT2D eigenvalue weighted by Crippen LogP contribution is 2.42. The number of nitrogens with zero attached hydrogens (tertiary/aromatic N) is 1. The lowest BCUT2D eigenvalue weighted by Crippen LogP contribution is -2.46. The van der Waals surface area contributed by atoms with Gasteiger partial charge in [0.1, 0.15) is 16.9 Å². The largest absolute Gasteiger partial charge is 0.481 e. The van der Waals surface area contributed by atoms with Gasteiger partial charge in [0.2, 0.25) is 0 Å². The van der Waals surface area contributed by atoms with E-state index in [2.05, 4.69) is 0 Å². The lowest BCUT2D eigenvalue weighted by Gasteiger charge is -2.33. The van der Waals surface area contributed by atoms with Gasteiger partial charge in [0.25, 0.3) is 5.91 Å². The van der Waals surface area contributed by atoms with Gasteiger partial charge in [-0.2, -0.15) is 0 Å². The van der Waals surface area contributed by atoms with Crippen molar-refractivity contribution in [2.24, 2.45) is 11.3 Å². The molecule has 2 aliphatic heterocycles. The minimum atomic E-state index is -0.984. The summed E-state index contributed by atoms with van der Waals surface area (Å²) in [5.41, 5.74) is 0.648. The number of benzene rings is 2. The van der Waals surface area contributed by atoms with Crippen molar-refractivity contribution in [1.29, 1.82) is 0 Å². The van der Waals surface area contributed by atoms with E-state index in [1.165, 1.54) is 0 Å². The van der Waals surface area contributed by atoms with E-state index in [0.717, 1.165) is 11.3 Å². The van der Waals surface area contributed by atoms with Crippen LogP contribution in [0.25, 0.3) is 0 Å². The molecule has 2 aromatic carbocycles. The number of carboxylic acids is 1. The third-order valence-electron chi connectivity index (χ3n) is 5.71. The van der Waals surface area contributed by atoms with Gasteiger partial charge in [-0.05, 0) is 61.2 Å². The zero-order valence-electron chi connectivity index (χ0n) is 15.8. The lowest BCUT2D eigenvalue weighted by molar-refractivity contribution is -0.159. The number of carbonyl (C=O) groups excluding carboxylic acids is 1. The van der Waals surface area contributed by atoms with Gasteiger partial charge in [0.05, 0.1) is 6.61 Å². The van der Waals surface area contributed by atoms with Crippen LogP contribution in [0.4, 0.5) is 0 Å². The molecule has 2 saturated heterocycles. The predicted molar refractivity (Wildman–Crippen MR) is 103 cm³/mol. The molecule has 2 fully saturated rings. The zero-order chi connectivity index (χ0) is 19.7. The van der Waals surface area contributed by atoms with Crippen molar-refractivity contribution in [2.45, 2.75) is 13.3 Å². The molecule has 6 heteroatoms. The predicted octanol–water partition coefficient (Wildman–Crippen LogP) is 3.35. The minimum absolute atomic E-state index is 0.0633. The number of rotatable bonds is 4. The molecule has 6 nitrogen and oxygen atoms in total. The minimum Gasteiger partial charge on any atom is -0.481 e. The number of fused-ring (bicyclic) bond motifs is 1. The molecule has 2 heterocycles. The number of likely N-dealkylation sites (tertiary alicyclic amines) is 1. The Bertz CT molecular complexity index is 894.